The fraction of sp³-hybridized carbons (Fsp3) is 0.875. The Balaban J connectivity index is 1.63. The molecule has 0 saturated heterocycles. The van der Waals surface area contributed by atoms with Crippen molar-refractivity contribution in [2.45, 2.75) is 126 Å². The largest absolute Gasteiger partial charge is 0.389 e. The zero-order chi connectivity index (χ0) is 26.0. The molecule has 0 aromatic rings. The maximum absolute atomic E-state index is 14.4. The van der Waals surface area contributed by atoms with E-state index in [9.17, 15) is 14.7 Å². The van der Waals surface area contributed by atoms with Crippen LogP contribution in [0.2, 0.25) is 0 Å². The van der Waals surface area contributed by atoms with Gasteiger partial charge in [-0.05, 0) is 97.4 Å². The highest BCUT2D eigenvalue weighted by Crippen LogP contribution is 2.77. The van der Waals surface area contributed by atoms with E-state index < -0.39 is 5.60 Å². The predicted octanol–water partition coefficient (Wildman–Crippen LogP) is 7.31. The number of hydrogen-bond acceptors (Lipinski definition) is 3. The molecule has 1 N–H and O–H groups in total. The summed E-state index contributed by atoms with van der Waals surface area (Å²) in [5.74, 6) is 1.20. The van der Waals surface area contributed by atoms with Crippen molar-refractivity contribution in [2.24, 2.45) is 50.2 Å². The Morgan fingerprint density at radius 3 is 2.06 bits per heavy atom. The first-order chi connectivity index (χ1) is 15.9. The first-order valence-electron chi connectivity index (χ1n) is 14.4. The fourth-order valence-electron chi connectivity index (χ4n) is 11.6. The zero-order valence-corrected chi connectivity index (χ0v) is 23.9. The predicted molar refractivity (Wildman–Crippen MR) is 141 cm³/mol. The van der Waals surface area contributed by atoms with Gasteiger partial charge in [0.2, 0.25) is 0 Å². The van der Waals surface area contributed by atoms with Crippen LogP contribution in [0.15, 0.2) is 11.6 Å². The Kier molecular flexibility index (Phi) is 5.22. The minimum atomic E-state index is -0.732. The molecule has 5 aliphatic rings. The van der Waals surface area contributed by atoms with Crippen LogP contribution in [0, 0.1) is 50.2 Å². The third kappa shape index (κ3) is 2.94. The van der Waals surface area contributed by atoms with Gasteiger partial charge in [0.05, 0.1) is 5.60 Å². The minimum Gasteiger partial charge on any atom is -0.389 e. The lowest BCUT2D eigenvalue weighted by molar-refractivity contribution is -0.270. The second-order valence-corrected chi connectivity index (χ2v) is 15.9. The van der Waals surface area contributed by atoms with E-state index in [4.69, 9.17) is 0 Å². The van der Waals surface area contributed by atoms with E-state index in [-0.39, 0.29) is 44.3 Å². The fourth-order valence-corrected chi connectivity index (χ4v) is 11.6. The summed E-state index contributed by atoms with van der Waals surface area (Å²) in [6.45, 7) is 20.6. The number of hydrogen-bond donors (Lipinski definition) is 1. The van der Waals surface area contributed by atoms with Crippen LogP contribution in [-0.4, -0.2) is 22.3 Å². The molecule has 0 radical (unpaired) electrons. The van der Waals surface area contributed by atoms with Gasteiger partial charge in [0.25, 0.3) is 0 Å². The van der Waals surface area contributed by atoms with Crippen LogP contribution in [0.25, 0.3) is 0 Å². The minimum absolute atomic E-state index is 0.0259. The van der Waals surface area contributed by atoms with Crippen molar-refractivity contribution < 1.29 is 14.7 Å². The van der Waals surface area contributed by atoms with E-state index in [1.165, 1.54) is 0 Å². The third-order valence-corrected chi connectivity index (χ3v) is 13.5. The Morgan fingerprint density at radius 1 is 0.800 bits per heavy atom. The highest BCUT2D eigenvalue weighted by molar-refractivity contribution is 6.00. The van der Waals surface area contributed by atoms with E-state index >= 15 is 0 Å². The molecule has 0 aliphatic heterocycles. The number of allylic oxidation sites excluding steroid dienone is 2. The monoisotopic (exact) mass is 482 g/mol. The Labute approximate surface area is 213 Å². The van der Waals surface area contributed by atoms with Gasteiger partial charge in [0.15, 0.2) is 5.78 Å². The molecule has 5 aliphatic carbocycles. The average molecular weight is 483 g/mol. The summed E-state index contributed by atoms with van der Waals surface area (Å²) >= 11 is 0. The van der Waals surface area contributed by atoms with Gasteiger partial charge in [-0.25, -0.2) is 0 Å². The van der Waals surface area contributed by atoms with Gasteiger partial charge in [-0.15, -0.1) is 0 Å². The topological polar surface area (TPSA) is 54.4 Å². The lowest BCUT2D eigenvalue weighted by Crippen LogP contribution is -2.73. The molecular weight excluding hydrogens is 432 g/mol. The molecule has 5 fully saturated rings. The molecule has 8 atom stereocenters. The maximum Gasteiger partial charge on any atom is 0.164 e. The molecule has 5 saturated carbocycles. The lowest BCUT2D eigenvalue weighted by atomic mass is 9.30. The summed E-state index contributed by atoms with van der Waals surface area (Å²) in [5, 5.41) is 12.0. The third-order valence-electron chi connectivity index (χ3n) is 13.5. The van der Waals surface area contributed by atoms with Crippen LogP contribution in [0.3, 0.4) is 0 Å². The smallest absolute Gasteiger partial charge is 0.164 e. The van der Waals surface area contributed by atoms with Gasteiger partial charge in [-0.2, -0.15) is 0 Å². The van der Waals surface area contributed by atoms with Gasteiger partial charge >= 0.3 is 0 Å². The molecule has 5 rings (SSSR count). The number of fused-ring (bicyclic) bond motifs is 7. The zero-order valence-electron chi connectivity index (χ0n) is 23.9. The first-order valence-corrected chi connectivity index (χ1v) is 14.4. The van der Waals surface area contributed by atoms with Gasteiger partial charge in [-0.3, -0.25) is 9.59 Å². The van der Waals surface area contributed by atoms with Crippen molar-refractivity contribution in [2.75, 3.05) is 0 Å². The molecule has 3 nitrogen and oxygen atoms in total. The van der Waals surface area contributed by atoms with E-state index in [1.54, 1.807) is 0 Å². The summed E-state index contributed by atoms with van der Waals surface area (Å²) in [6, 6.07) is 0. The van der Waals surface area contributed by atoms with E-state index in [1.807, 2.05) is 13.0 Å². The van der Waals surface area contributed by atoms with Crippen molar-refractivity contribution in [1.82, 2.24) is 0 Å². The Hall–Kier alpha value is -0.960. The number of rotatable bonds is 0. The lowest BCUT2D eigenvalue weighted by Gasteiger charge is -2.74. The molecule has 196 valence electrons. The average Bonchev–Trinajstić information content (AvgIpc) is 2.74. The van der Waals surface area contributed by atoms with Gasteiger partial charge in [-0.1, -0.05) is 61.5 Å². The molecule has 0 aromatic carbocycles. The maximum atomic E-state index is 14.4. The van der Waals surface area contributed by atoms with Gasteiger partial charge in [0.1, 0.15) is 5.78 Å². The van der Waals surface area contributed by atoms with E-state index in [0.29, 0.717) is 23.9 Å². The summed E-state index contributed by atoms with van der Waals surface area (Å²) < 4.78 is 0. The molecule has 3 heteroatoms. The van der Waals surface area contributed by atoms with Gasteiger partial charge in [0, 0.05) is 23.2 Å². The summed E-state index contributed by atoms with van der Waals surface area (Å²) in [5.41, 5.74) is -0.536. The standard InChI is InChI=1S/C32H50O3/c1-10-20-18-28(6)22(27(4,5)25(20)34)11-12-29(7)23(28)17-21(33)24-30(29,8)14-16-32(35)15-13-26(2,3)19-31(24,32)9/h10,22-24,35H,11-19H2,1-9H3/b20-10-/t22?,23?,24?,28?,29?,30-,31?,32?/m1/s1. The number of aliphatic hydroxyl groups is 1. The summed E-state index contributed by atoms with van der Waals surface area (Å²) in [4.78, 5) is 27.8. The number of Topliss-reactive ketones (excluding diaryl/α,β-unsaturated/α-hetero) is 2. The van der Waals surface area contributed by atoms with Crippen molar-refractivity contribution >= 4 is 11.6 Å². The molecule has 0 aromatic heterocycles. The van der Waals surface area contributed by atoms with Crippen molar-refractivity contribution in [3.8, 4) is 0 Å². The van der Waals surface area contributed by atoms with Crippen LogP contribution in [0.5, 0.6) is 0 Å². The van der Waals surface area contributed by atoms with Crippen molar-refractivity contribution in [1.29, 1.82) is 0 Å². The van der Waals surface area contributed by atoms with Crippen LogP contribution in [0.1, 0.15) is 120 Å². The second-order valence-electron chi connectivity index (χ2n) is 15.9. The normalized spacial score (nSPS) is 53.9. The first kappa shape index (κ1) is 25.7. The number of ketones is 2. The molecule has 35 heavy (non-hydrogen) atoms. The molecule has 0 heterocycles. The van der Waals surface area contributed by atoms with E-state index in [0.717, 1.165) is 56.9 Å². The van der Waals surface area contributed by atoms with Crippen LogP contribution in [-0.2, 0) is 9.59 Å². The Bertz CT molecular complexity index is 1000. The molecule has 0 amide bonds. The summed E-state index contributed by atoms with van der Waals surface area (Å²) in [6.07, 6.45) is 10.1. The summed E-state index contributed by atoms with van der Waals surface area (Å²) in [7, 11) is 0. The SMILES string of the molecule is C/C=C1/CC2(C)C(CCC3(C)C2CC(=O)C2C4(C)CC(C)(C)CCC4(O)CC[C@]23C)C(C)(C)C1=O. The molecule has 0 bridgehead atoms. The van der Waals surface area contributed by atoms with Crippen molar-refractivity contribution in [3.05, 3.63) is 11.6 Å². The quantitative estimate of drug-likeness (QED) is 0.368. The molecule has 0 spiro atoms. The molecule has 7 unspecified atom stereocenters. The highest BCUT2D eigenvalue weighted by Gasteiger charge is 2.75. The van der Waals surface area contributed by atoms with Gasteiger partial charge < -0.3 is 5.11 Å². The van der Waals surface area contributed by atoms with Crippen LogP contribution < -0.4 is 0 Å². The van der Waals surface area contributed by atoms with Crippen molar-refractivity contribution in [3.63, 3.8) is 0 Å². The highest BCUT2D eigenvalue weighted by atomic mass is 16.3. The Morgan fingerprint density at radius 2 is 1.43 bits per heavy atom. The van der Waals surface area contributed by atoms with Crippen LogP contribution >= 0.6 is 0 Å². The van der Waals surface area contributed by atoms with E-state index in [2.05, 4.69) is 55.4 Å². The molecular formula is C32H50O3. The van der Waals surface area contributed by atoms with Crippen LogP contribution in [0.4, 0.5) is 0 Å². The second kappa shape index (κ2) is 7.12. The number of carbonyl (C=O) groups is 2. The number of carbonyl (C=O) groups excluding carboxylic acids is 2.